The van der Waals surface area contributed by atoms with Crippen molar-refractivity contribution in [1.82, 2.24) is 4.72 Å². The van der Waals surface area contributed by atoms with E-state index in [4.69, 9.17) is 4.74 Å². The minimum Gasteiger partial charge on any atom is -0.393 e. The summed E-state index contributed by atoms with van der Waals surface area (Å²) in [7, 11) is -1.62. The molecule has 1 saturated carbocycles. The second-order valence-corrected chi connectivity index (χ2v) is 6.63. The first-order chi connectivity index (χ1) is 8.03. The molecule has 6 heteroatoms. The Balaban J connectivity index is 2.23. The maximum absolute atomic E-state index is 11.6. The summed E-state index contributed by atoms with van der Waals surface area (Å²) in [5, 5.41) is 9.49. The van der Waals surface area contributed by atoms with E-state index in [0.29, 0.717) is 26.0 Å². The van der Waals surface area contributed by atoms with E-state index in [1.807, 2.05) is 0 Å². The van der Waals surface area contributed by atoms with Crippen molar-refractivity contribution in [1.29, 1.82) is 0 Å². The number of aliphatic hydroxyl groups excluding tert-OH is 1. The summed E-state index contributed by atoms with van der Waals surface area (Å²) in [5.74, 6) is 0.381. The van der Waals surface area contributed by atoms with Crippen LogP contribution < -0.4 is 4.72 Å². The molecule has 1 rings (SSSR count). The van der Waals surface area contributed by atoms with Crippen LogP contribution in [0.2, 0.25) is 0 Å². The van der Waals surface area contributed by atoms with Crippen LogP contribution in [-0.2, 0) is 14.8 Å². The summed E-state index contributed by atoms with van der Waals surface area (Å²) in [4.78, 5) is 0. The Morgan fingerprint density at radius 3 is 2.82 bits per heavy atom. The second kappa shape index (κ2) is 7.31. The number of nitrogens with one attached hydrogen (secondary N) is 1. The molecule has 1 aliphatic carbocycles. The molecule has 0 saturated heterocycles. The highest BCUT2D eigenvalue weighted by Gasteiger charge is 2.21. The number of aliphatic hydroxyl groups is 1. The monoisotopic (exact) mass is 265 g/mol. The van der Waals surface area contributed by atoms with Crippen LogP contribution >= 0.6 is 0 Å². The van der Waals surface area contributed by atoms with Gasteiger partial charge in [-0.05, 0) is 31.6 Å². The Morgan fingerprint density at radius 2 is 2.18 bits per heavy atom. The molecule has 0 radical (unpaired) electrons. The Morgan fingerprint density at radius 1 is 1.41 bits per heavy atom. The lowest BCUT2D eigenvalue weighted by Gasteiger charge is -2.25. The highest BCUT2D eigenvalue weighted by atomic mass is 32.2. The van der Waals surface area contributed by atoms with Crippen LogP contribution in [0.5, 0.6) is 0 Å². The zero-order chi connectivity index (χ0) is 12.7. The molecule has 0 bridgehead atoms. The van der Waals surface area contributed by atoms with Gasteiger partial charge in [0.2, 0.25) is 10.0 Å². The van der Waals surface area contributed by atoms with Crippen LogP contribution in [0.1, 0.15) is 32.1 Å². The Bertz CT molecular complexity index is 305. The van der Waals surface area contributed by atoms with E-state index in [1.165, 1.54) is 0 Å². The molecule has 0 heterocycles. The lowest BCUT2D eigenvalue weighted by molar-refractivity contribution is 0.102. The van der Waals surface area contributed by atoms with Crippen molar-refractivity contribution in [3.8, 4) is 0 Å². The SMILES string of the molecule is COCCCS(=O)(=O)NCC1CCCC(O)C1. The number of sulfonamides is 1. The third-order valence-corrected chi connectivity index (χ3v) is 4.54. The predicted octanol–water partition coefficient (Wildman–Crippen LogP) is 0.493. The fraction of sp³-hybridized carbons (Fsp3) is 1.00. The Hall–Kier alpha value is -0.170. The van der Waals surface area contributed by atoms with Gasteiger partial charge in [-0.1, -0.05) is 6.42 Å². The normalized spacial score (nSPS) is 26.0. The van der Waals surface area contributed by atoms with Crippen LogP contribution in [0.3, 0.4) is 0 Å². The van der Waals surface area contributed by atoms with Crippen molar-refractivity contribution in [2.24, 2.45) is 5.92 Å². The van der Waals surface area contributed by atoms with E-state index >= 15 is 0 Å². The van der Waals surface area contributed by atoms with Gasteiger partial charge in [0.1, 0.15) is 0 Å². The van der Waals surface area contributed by atoms with Crippen LogP contribution in [0, 0.1) is 5.92 Å². The standard InChI is InChI=1S/C11H23NO4S/c1-16-6-3-7-17(14,15)12-9-10-4-2-5-11(13)8-10/h10-13H,2-9H2,1H3. The number of hydrogen-bond donors (Lipinski definition) is 2. The molecular weight excluding hydrogens is 242 g/mol. The zero-order valence-electron chi connectivity index (χ0n) is 10.4. The molecule has 0 aromatic heterocycles. The second-order valence-electron chi connectivity index (χ2n) is 4.70. The molecule has 2 unspecified atom stereocenters. The van der Waals surface area contributed by atoms with Crippen molar-refractivity contribution in [2.45, 2.75) is 38.2 Å². The fourth-order valence-corrected chi connectivity index (χ4v) is 3.29. The van der Waals surface area contributed by atoms with Gasteiger partial charge in [0, 0.05) is 20.3 Å². The molecule has 1 fully saturated rings. The summed E-state index contributed by atoms with van der Waals surface area (Å²) in [5.41, 5.74) is 0. The minimum absolute atomic E-state index is 0.107. The molecule has 0 amide bonds. The lowest BCUT2D eigenvalue weighted by Crippen LogP contribution is -2.34. The molecule has 102 valence electrons. The molecule has 0 spiro atoms. The predicted molar refractivity (Wildman–Crippen MR) is 66.2 cm³/mol. The number of methoxy groups -OCH3 is 1. The molecule has 5 nitrogen and oxygen atoms in total. The molecule has 0 aromatic rings. The first kappa shape index (κ1) is 14.9. The summed E-state index contributed by atoms with van der Waals surface area (Å²) in [6.45, 7) is 0.912. The lowest BCUT2D eigenvalue weighted by atomic mass is 9.87. The average molecular weight is 265 g/mol. The third-order valence-electron chi connectivity index (χ3n) is 3.11. The molecule has 1 aliphatic rings. The van der Waals surface area contributed by atoms with Crippen LogP contribution in [0.4, 0.5) is 0 Å². The maximum atomic E-state index is 11.6. The molecular formula is C11H23NO4S. The molecule has 2 atom stereocenters. The number of rotatable bonds is 7. The van der Waals surface area contributed by atoms with Crippen LogP contribution in [0.25, 0.3) is 0 Å². The summed E-state index contributed by atoms with van der Waals surface area (Å²) in [6, 6.07) is 0. The number of ether oxygens (including phenoxy) is 1. The van der Waals surface area contributed by atoms with Gasteiger partial charge >= 0.3 is 0 Å². The maximum Gasteiger partial charge on any atom is 0.211 e. The van der Waals surface area contributed by atoms with Gasteiger partial charge in [-0.15, -0.1) is 0 Å². The average Bonchev–Trinajstić information content (AvgIpc) is 2.27. The zero-order valence-corrected chi connectivity index (χ0v) is 11.2. The summed E-state index contributed by atoms with van der Waals surface area (Å²) >= 11 is 0. The van der Waals surface area contributed by atoms with E-state index in [1.54, 1.807) is 7.11 Å². The Labute approximate surface area is 104 Å². The van der Waals surface area contributed by atoms with Gasteiger partial charge in [-0.3, -0.25) is 0 Å². The fourth-order valence-electron chi connectivity index (χ4n) is 2.16. The van der Waals surface area contributed by atoms with Crippen molar-refractivity contribution >= 4 is 10.0 Å². The Kier molecular flexibility index (Phi) is 6.40. The van der Waals surface area contributed by atoms with Crippen LogP contribution in [0.15, 0.2) is 0 Å². The van der Waals surface area contributed by atoms with E-state index in [9.17, 15) is 13.5 Å². The molecule has 0 aromatic carbocycles. The first-order valence-corrected chi connectivity index (χ1v) is 7.83. The highest BCUT2D eigenvalue weighted by Crippen LogP contribution is 2.23. The third kappa shape index (κ3) is 6.35. The quantitative estimate of drug-likeness (QED) is 0.657. The minimum atomic E-state index is -3.18. The van der Waals surface area contributed by atoms with E-state index in [0.717, 1.165) is 19.3 Å². The van der Waals surface area contributed by atoms with Crippen LogP contribution in [-0.4, -0.2) is 45.6 Å². The van der Waals surface area contributed by atoms with Gasteiger partial charge < -0.3 is 9.84 Å². The highest BCUT2D eigenvalue weighted by molar-refractivity contribution is 7.89. The van der Waals surface area contributed by atoms with E-state index < -0.39 is 10.0 Å². The summed E-state index contributed by atoms with van der Waals surface area (Å²) in [6.07, 6.45) is 3.79. The van der Waals surface area contributed by atoms with Gasteiger partial charge in [-0.25, -0.2) is 13.1 Å². The van der Waals surface area contributed by atoms with E-state index in [-0.39, 0.29) is 17.8 Å². The molecule has 17 heavy (non-hydrogen) atoms. The van der Waals surface area contributed by atoms with Crippen molar-refractivity contribution in [3.63, 3.8) is 0 Å². The largest absolute Gasteiger partial charge is 0.393 e. The van der Waals surface area contributed by atoms with Gasteiger partial charge in [0.05, 0.1) is 11.9 Å². The van der Waals surface area contributed by atoms with Crippen molar-refractivity contribution in [2.75, 3.05) is 26.0 Å². The van der Waals surface area contributed by atoms with Gasteiger partial charge in [-0.2, -0.15) is 0 Å². The summed E-state index contributed by atoms with van der Waals surface area (Å²) < 4.78 is 30.6. The van der Waals surface area contributed by atoms with Crippen molar-refractivity contribution < 1.29 is 18.3 Å². The molecule has 2 N–H and O–H groups in total. The van der Waals surface area contributed by atoms with Gasteiger partial charge in [0.15, 0.2) is 0 Å². The van der Waals surface area contributed by atoms with E-state index in [2.05, 4.69) is 4.72 Å². The first-order valence-electron chi connectivity index (χ1n) is 6.18. The molecule has 0 aliphatic heterocycles. The smallest absolute Gasteiger partial charge is 0.211 e. The van der Waals surface area contributed by atoms with Crippen molar-refractivity contribution in [3.05, 3.63) is 0 Å². The topological polar surface area (TPSA) is 75.6 Å². The van der Waals surface area contributed by atoms with Gasteiger partial charge in [0.25, 0.3) is 0 Å². The number of hydrogen-bond acceptors (Lipinski definition) is 4.